The normalized spacial score (nSPS) is 11.8. The quantitative estimate of drug-likeness (QED) is 0.775. The highest BCUT2D eigenvalue weighted by Gasteiger charge is 2.18. The number of methoxy groups -OCH3 is 2. The van der Waals surface area contributed by atoms with Gasteiger partial charge in [0.05, 0.1) is 14.2 Å². The van der Waals surface area contributed by atoms with Gasteiger partial charge in [0.15, 0.2) is 0 Å². The van der Waals surface area contributed by atoms with Crippen molar-refractivity contribution < 1.29 is 14.6 Å². The minimum atomic E-state index is -0.831. The molecule has 4 heteroatoms. The first-order chi connectivity index (χ1) is 11.7. The van der Waals surface area contributed by atoms with Crippen LogP contribution in [0, 0.1) is 0 Å². The van der Waals surface area contributed by atoms with E-state index in [0.29, 0.717) is 11.4 Å². The third kappa shape index (κ3) is 3.24. The summed E-state index contributed by atoms with van der Waals surface area (Å²) in [6.07, 6.45) is 0.917. The van der Waals surface area contributed by atoms with Crippen molar-refractivity contribution in [1.82, 2.24) is 4.98 Å². The second kappa shape index (κ2) is 7.15. The first-order valence-electron chi connectivity index (χ1n) is 7.64. The van der Waals surface area contributed by atoms with E-state index in [1.54, 1.807) is 20.4 Å². The summed E-state index contributed by atoms with van der Waals surface area (Å²) in [6.45, 7) is 0. The molecule has 4 nitrogen and oxygen atoms in total. The van der Waals surface area contributed by atoms with Crippen LogP contribution in [0.25, 0.3) is 11.1 Å². The van der Waals surface area contributed by atoms with Crippen molar-refractivity contribution in [3.63, 3.8) is 0 Å². The van der Waals surface area contributed by atoms with Crippen LogP contribution in [0.15, 0.2) is 66.9 Å². The van der Waals surface area contributed by atoms with Crippen LogP contribution in [0.2, 0.25) is 0 Å². The van der Waals surface area contributed by atoms with E-state index in [2.05, 4.69) is 4.98 Å². The SMILES string of the molecule is COc1ccc(C(O)c2cc(-c3ccccc3)cnc2OC)cc1. The zero-order chi connectivity index (χ0) is 16.9. The molecule has 0 amide bonds. The molecular formula is C20H19NO3. The van der Waals surface area contributed by atoms with E-state index >= 15 is 0 Å². The zero-order valence-electron chi connectivity index (χ0n) is 13.6. The lowest BCUT2D eigenvalue weighted by molar-refractivity contribution is 0.213. The number of benzene rings is 2. The highest BCUT2D eigenvalue weighted by atomic mass is 16.5. The molecule has 3 rings (SSSR count). The molecule has 3 aromatic rings. The van der Waals surface area contributed by atoms with Crippen LogP contribution >= 0.6 is 0 Å². The van der Waals surface area contributed by atoms with Crippen molar-refractivity contribution in [3.05, 3.63) is 78.0 Å². The summed E-state index contributed by atoms with van der Waals surface area (Å²) in [6, 6.07) is 19.1. The van der Waals surface area contributed by atoms with Crippen LogP contribution in [0.3, 0.4) is 0 Å². The van der Waals surface area contributed by atoms with Crippen LogP contribution < -0.4 is 9.47 Å². The molecule has 0 aliphatic heterocycles. The topological polar surface area (TPSA) is 51.6 Å². The molecule has 2 aromatic carbocycles. The Labute approximate surface area is 141 Å². The summed E-state index contributed by atoms with van der Waals surface area (Å²) in [4.78, 5) is 4.35. The molecule has 24 heavy (non-hydrogen) atoms. The number of rotatable bonds is 5. The van der Waals surface area contributed by atoms with E-state index < -0.39 is 6.10 Å². The van der Waals surface area contributed by atoms with Crippen molar-refractivity contribution in [3.8, 4) is 22.8 Å². The molecule has 0 saturated carbocycles. The van der Waals surface area contributed by atoms with E-state index in [1.807, 2.05) is 60.7 Å². The maximum Gasteiger partial charge on any atom is 0.219 e. The molecule has 0 radical (unpaired) electrons. The Morgan fingerprint density at radius 1 is 0.875 bits per heavy atom. The number of aliphatic hydroxyl groups is 1. The fourth-order valence-corrected chi connectivity index (χ4v) is 2.59. The predicted molar refractivity (Wildman–Crippen MR) is 93.3 cm³/mol. The van der Waals surface area contributed by atoms with Crippen molar-refractivity contribution in [2.75, 3.05) is 14.2 Å². The fourth-order valence-electron chi connectivity index (χ4n) is 2.59. The molecule has 0 fully saturated rings. The Bertz CT molecular complexity index is 801. The van der Waals surface area contributed by atoms with E-state index in [4.69, 9.17) is 9.47 Å². The van der Waals surface area contributed by atoms with Gasteiger partial charge < -0.3 is 14.6 Å². The standard InChI is InChI=1S/C20H19NO3/c1-23-17-10-8-15(9-11-17)19(22)18-12-16(13-21-20(18)24-2)14-6-4-3-5-7-14/h3-13,19,22H,1-2H3. The van der Waals surface area contributed by atoms with E-state index in [-0.39, 0.29) is 0 Å². The van der Waals surface area contributed by atoms with Gasteiger partial charge in [0.25, 0.3) is 0 Å². The van der Waals surface area contributed by atoms with Gasteiger partial charge in [0, 0.05) is 17.3 Å². The van der Waals surface area contributed by atoms with Gasteiger partial charge in [-0.05, 0) is 29.3 Å². The van der Waals surface area contributed by atoms with Gasteiger partial charge >= 0.3 is 0 Å². The number of aromatic nitrogens is 1. The van der Waals surface area contributed by atoms with E-state index in [0.717, 1.165) is 22.4 Å². The van der Waals surface area contributed by atoms with Gasteiger partial charge in [-0.3, -0.25) is 0 Å². The number of ether oxygens (including phenoxy) is 2. The average molecular weight is 321 g/mol. The Kier molecular flexibility index (Phi) is 4.77. The molecule has 0 aliphatic carbocycles. The van der Waals surface area contributed by atoms with Gasteiger partial charge in [-0.25, -0.2) is 4.98 Å². The Hall–Kier alpha value is -2.85. The van der Waals surface area contributed by atoms with Crippen LogP contribution in [0.4, 0.5) is 0 Å². The number of nitrogens with zero attached hydrogens (tertiary/aromatic N) is 1. The molecule has 0 aliphatic rings. The highest BCUT2D eigenvalue weighted by molar-refractivity contribution is 5.64. The number of aliphatic hydroxyl groups excluding tert-OH is 1. The smallest absolute Gasteiger partial charge is 0.219 e. The lowest BCUT2D eigenvalue weighted by atomic mass is 9.99. The zero-order valence-corrected chi connectivity index (χ0v) is 13.6. The molecule has 0 bridgehead atoms. The first-order valence-corrected chi connectivity index (χ1v) is 7.64. The summed E-state index contributed by atoms with van der Waals surface area (Å²) in [5, 5.41) is 10.8. The minimum Gasteiger partial charge on any atom is -0.497 e. The molecule has 1 heterocycles. The second-order valence-electron chi connectivity index (χ2n) is 5.36. The van der Waals surface area contributed by atoms with Crippen molar-refractivity contribution in [1.29, 1.82) is 0 Å². The van der Waals surface area contributed by atoms with Crippen molar-refractivity contribution >= 4 is 0 Å². The van der Waals surface area contributed by atoms with Crippen LogP contribution in [-0.2, 0) is 0 Å². The Morgan fingerprint density at radius 2 is 1.58 bits per heavy atom. The van der Waals surface area contributed by atoms with Gasteiger partial charge in [-0.2, -0.15) is 0 Å². The van der Waals surface area contributed by atoms with Gasteiger partial charge in [0.1, 0.15) is 11.9 Å². The monoisotopic (exact) mass is 321 g/mol. The fraction of sp³-hybridized carbons (Fsp3) is 0.150. The molecule has 0 saturated heterocycles. The van der Waals surface area contributed by atoms with Crippen LogP contribution in [0.5, 0.6) is 11.6 Å². The van der Waals surface area contributed by atoms with Crippen molar-refractivity contribution in [2.24, 2.45) is 0 Å². The Balaban J connectivity index is 2.01. The third-order valence-electron chi connectivity index (χ3n) is 3.91. The summed E-state index contributed by atoms with van der Waals surface area (Å²) in [7, 11) is 3.16. The molecule has 1 N–H and O–H groups in total. The average Bonchev–Trinajstić information content (AvgIpc) is 2.67. The van der Waals surface area contributed by atoms with Gasteiger partial charge in [-0.15, -0.1) is 0 Å². The second-order valence-corrected chi connectivity index (χ2v) is 5.36. The van der Waals surface area contributed by atoms with Crippen molar-refractivity contribution in [2.45, 2.75) is 6.10 Å². The predicted octanol–water partition coefficient (Wildman–Crippen LogP) is 3.85. The van der Waals surface area contributed by atoms with Gasteiger partial charge in [0.2, 0.25) is 5.88 Å². The lowest BCUT2D eigenvalue weighted by Gasteiger charge is -2.16. The molecule has 1 unspecified atom stereocenters. The summed E-state index contributed by atoms with van der Waals surface area (Å²) < 4.78 is 10.5. The van der Waals surface area contributed by atoms with E-state index in [9.17, 15) is 5.11 Å². The maximum absolute atomic E-state index is 10.8. The largest absolute Gasteiger partial charge is 0.497 e. The molecule has 1 atom stereocenters. The molecule has 0 spiro atoms. The van der Waals surface area contributed by atoms with Crippen LogP contribution in [-0.4, -0.2) is 24.3 Å². The summed E-state index contributed by atoms with van der Waals surface area (Å²) >= 11 is 0. The molecular weight excluding hydrogens is 302 g/mol. The first kappa shape index (κ1) is 16.0. The number of pyridine rings is 1. The van der Waals surface area contributed by atoms with Gasteiger partial charge in [-0.1, -0.05) is 42.5 Å². The highest BCUT2D eigenvalue weighted by Crippen LogP contribution is 2.32. The third-order valence-corrected chi connectivity index (χ3v) is 3.91. The summed E-state index contributed by atoms with van der Waals surface area (Å²) in [5.41, 5.74) is 3.35. The minimum absolute atomic E-state index is 0.415. The molecule has 1 aromatic heterocycles. The molecule has 122 valence electrons. The van der Waals surface area contributed by atoms with E-state index in [1.165, 1.54) is 0 Å². The maximum atomic E-state index is 10.8. The number of hydrogen-bond acceptors (Lipinski definition) is 4. The number of hydrogen-bond donors (Lipinski definition) is 1. The Morgan fingerprint density at radius 3 is 2.21 bits per heavy atom. The van der Waals surface area contributed by atoms with Crippen LogP contribution in [0.1, 0.15) is 17.2 Å². The lowest BCUT2D eigenvalue weighted by Crippen LogP contribution is -2.04. The summed E-state index contributed by atoms with van der Waals surface area (Å²) in [5.74, 6) is 1.16.